The lowest BCUT2D eigenvalue weighted by Crippen LogP contribution is -2.54. The van der Waals surface area contributed by atoms with Crippen LogP contribution in [-0.2, 0) is 9.53 Å². The lowest BCUT2D eigenvalue weighted by Gasteiger charge is -2.41. The number of anilines is 1. The van der Waals surface area contributed by atoms with Crippen molar-refractivity contribution in [2.75, 3.05) is 52.5 Å². The molecule has 32 heavy (non-hydrogen) atoms. The van der Waals surface area contributed by atoms with Gasteiger partial charge in [-0.25, -0.2) is 4.98 Å². The third-order valence-corrected chi connectivity index (χ3v) is 6.02. The van der Waals surface area contributed by atoms with Gasteiger partial charge in [-0.1, -0.05) is 0 Å². The van der Waals surface area contributed by atoms with E-state index in [2.05, 4.69) is 24.0 Å². The van der Waals surface area contributed by atoms with E-state index in [1.54, 1.807) is 21.3 Å². The fourth-order valence-corrected chi connectivity index (χ4v) is 4.32. The molecule has 4 rings (SSSR count). The monoisotopic (exact) mass is 438 g/mol. The van der Waals surface area contributed by atoms with E-state index in [1.807, 2.05) is 40.8 Å². The van der Waals surface area contributed by atoms with E-state index in [1.165, 1.54) is 0 Å². The molecule has 0 spiro atoms. The van der Waals surface area contributed by atoms with Gasteiger partial charge in [0.1, 0.15) is 23.8 Å². The molecule has 3 aromatic rings. The largest absolute Gasteiger partial charge is 0.496 e. The predicted molar refractivity (Wildman–Crippen MR) is 124 cm³/mol. The SMILES string of the molecule is COCC(=O)N1CCN(c2ccn3cc(-c4cc(C)c(OC)cc4OC)nc3c2)C(C)C1. The Morgan fingerprint density at radius 2 is 1.91 bits per heavy atom. The average Bonchev–Trinajstić information content (AvgIpc) is 3.22. The maximum Gasteiger partial charge on any atom is 0.248 e. The number of aryl methyl sites for hydroxylation is 1. The molecule has 1 fully saturated rings. The summed E-state index contributed by atoms with van der Waals surface area (Å²) in [6.07, 6.45) is 4.03. The maximum absolute atomic E-state index is 12.2. The van der Waals surface area contributed by atoms with E-state index in [4.69, 9.17) is 19.2 Å². The normalized spacial score (nSPS) is 16.5. The van der Waals surface area contributed by atoms with Crippen LogP contribution in [0.1, 0.15) is 12.5 Å². The third-order valence-electron chi connectivity index (χ3n) is 6.02. The third kappa shape index (κ3) is 4.10. The summed E-state index contributed by atoms with van der Waals surface area (Å²) in [4.78, 5) is 21.2. The first-order chi connectivity index (χ1) is 15.4. The van der Waals surface area contributed by atoms with Gasteiger partial charge >= 0.3 is 0 Å². The van der Waals surface area contributed by atoms with E-state index in [0.29, 0.717) is 13.1 Å². The number of pyridine rings is 1. The van der Waals surface area contributed by atoms with Crippen molar-refractivity contribution in [3.8, 4) is 22.8 Å². The van der Waals surface area contributed by atoms with Crippen LogP contribution in [0.15, 0.2) is 36.7 Å². The summed E-state index contributed by atoms with van der Waals surface area (Å²) >= 11 is 0. The summed E-state index contributed by atoms with van der Waals surface area (Å²) in [5.41, 5.74) is 4.75. The standard InChI is InChI=1S/C24H30N4O4/c1-16-10-19(22(32-5)12-21(16)31-4)20-14-26-7-6-18(11-23(26)25-20)28-9-8-27(13-17(28)2)24(29)15-30-3/h6-7,10-12,14,17H,8-9,13,15H2,1-5H3. The summed E-state index contributed by atoms with van der Waals surface area (Å²) < 4.78 is 18.0. The topological polar surface area (TPSA) is 68.5 Å². The Balaban J connectivity index is 1.61. The molecule has 1 atom stereocenters. The molecule has 1 unspecified atom stereocenters. The quantitative estimate of drug-likeness (QED) is 0.589. The first-order valence-electron chi connectivity index (χ1n) is 10.7. The van der Waals surface area contributed by atoms with E-state index in [9.17, 15) is 4.79 Å². The van der Waals surface area contributed by atoms with Gasteiger partial charge in [0.05, 0.1) is 19.9 Å². The second-order valence-electron chi connectivity index (χ2n) is 8.11. The van der Waals surface area contributed by atoms with Crippen LogP contribution in [0.25, 0.3) is 16.9 Å². The lowest BCUT2D eigenvalue weighted by molar-refractivity contribution is -0.135. The van der Waals surface area contributed by atoms with Crippen molar-refractivity contribution < 1.29 is 19.0 Å². The number of hydrogen-bond donors (Lipinski definition) is 0. The highest BCUT2D eigenvalue weighted by molar-refractivity contribution is 5.78. The Morgan fingerprint density at radius 3 is 2.59 bits per heavy atom. The highest BCUT2D eigenvalue weighted by Crippen LogP contribution is 2.35. The number of fused-ring (bicyclic) bond motifs is 1. The van der Waals surface area contributed by atoms with Crippen LogP contribution in [0.4, 0.5) is 5.69 Å². The minimum atomic E-state index is 0.0380. The van der Waals surface area contributed by atoms with Crippen molar-refractivity contribution in [1.29, 1.82) is 0 Å². The summed E-state index contributed by atoms with van der Waals surface area (Å²) in [6, 6.07) is 8.32. The molecule has 1 saturated heterocycles. The Bertz CT molecular complexity index is 1130. The van der Waals surface area contributed by atoms with E-state index in [-0.39, 0.29) is 18.6 Å². The molecule has 0 N–H and O–H groups in total. The molecule has 8 nitrogen and oxygen atoms in total. The molecule has 0 aliphatic carbocycles. The van der Waals surface area contributed by atoms with Gasteiger partial charge in [-0.05, 0) is 31.5 Å². The van der Waals surface area contributed by atoms with Crippen LogP contribution < -0.4 is 14.4 Å². The Kier molecular flexibility index (Phi) is 6.23. The van der Waals surface area contributed by atoms with Crippen molar-refractivity contribution in [3.63, 3.8) is 0 Å². The van der Waals surface area contributed by atoms with E-state index >= 15 is 0 Å². The van der Waals surface area contributed by atoms with Crippen molar-refractivity contribution in [2.45, 2.75) is 19.9 Å². The number of nitrogens with zero attached hydrogens (tertiary/aromatic N) is 4. The van der Waals surface area contributed by atoms with Gasteiger partial charge in [0.25, 0.3) is 0 Å². The van der Waals surface area contributed by atoms with E-state index < -0.39 is 0 Å². The van der Waals surface area contributed by atoms with Crippen LogP contribution in [0.3, 0.4) is 0 Å². The molecule has 1 aliphatic heterocycles. The van der Waals surface area contributed by atoms with Crippen LogP contribution >= 0.6 is 0 Å². The highest BCUT2D eigenvalue weighted by atomic mass is 16.5. The molecule has 1 amide bonds. The first kappa shape index (κ1) is 22.0. The number of hydrogen-bond acceptors (Lipinski definition) is 6. The lowest BCUT2D eigenvalue weighted by atomic mass is 10.1. The number of amides is 1. The molecular weight excluding hydrogens is 408 g/mol. The Morgan fingerprint density at radius 1 is 1.12 bits per heavy atom. The van der Waals surface area contributed by atoms with Crippen LogP contribution in [-0.4, -0.2) is 73.8 Å². The predicted octanol–water partition coefficient (Wildman–Crippen LogP) is 3.01. The molecule has 170 valence electrons. The smallest absolute Gasteiger partial charge is 0.248 e. The number of piperazine rings is 1. The van der Waals surface area contributed by atoms with Crippen LogP contribution in [0.2, 0.25) is 0 Å². The number of aromatic nitrogens is 2. The van der Waals surface area contributed by atoms with Gasteiger partial charge < -0.3 is 28.4 Å². The molecule has 3 heterocycles. The molecule has 0 radical (unpaired) electrons. The molecule has 0 saturated carbocycles. The van der Waals surface area contributed by atoms with Gasteiger partial charge in [-0.2, -0.15) is 0 Å². The molecule has 1 aromatic carbocycles. The van der Waals surface area contributed by atoms with Gasteiger partial charge in [-0.3, -0.25) is 4.79 Å². The van der Waals surface area contributed by atoms with Gasteiger partial charge in [0.2, 0.25) is 5.91 Å². The van der Waals surface area contributed by atoms with Crippen molar-refractivity contribution in [2.24, 2.45) is 0 Å². The second-order valence-corrected chi connectivity index (χ2v) is 8.11. The number of rotatable bonds is 6. The van der Waals surface area contributed by atoms with E-state index in [0.717, 1.165) is 46.2 Å². The molecule has 2 aromatic heterocycles. The fraction of sp³-hybridized carbons (Fsp3) is 0.417. The van der Waals surface area contributed by atoms with Crippen LogP contribution in [0.5, 0.6) is 11.5 Å². The van der Waals surface area contributed by atoms with Gasteiger partial charge in [0.15, 0.2) is 0 Å². The summed E-state index contributed by atoms with van der Waals surface area (Å²) in [5, 5.41) is 0. The summed E-state index contributed by atoms with van der Waals surface area (Å²) in [6.45, 7) is 6.40. The minimum absolute atomic E-state index is 0.0380. The second kappa shape index (κ2) is 9.08. The number of carbonyl (C=O) groups excluding carboxylic acids is 1. The zero-order valence-corrected chi connectivity index (χ0v) is 19.3. The number of benzene rings is 1. The number of carbonyl (C=O) groups is 1. The number of ether oxygens (including phenoxy) is 3. The zero-order valence-electron chi connectivity index (χ0n) is 19.3. The zero-order chi connectivity index (χ0) is 22.8. The van der Waals surface area contributed by atoms with Crippen molar-refractivity contribution >= 4 is 17.2 Å². The first-order valence-corrected chi connectivity index (χ1v) is 10.7. The van der Waals surface area contributed by atoms with Crippen molar-refractivity contribution in [3.05, 3.63) is 42.2 Å². The molecular formula is C24H30N4O4. The van der Waals surface area contributed by atoms with Gasteiger partial charge in [0, 0.05) is 68.6 Å². The fourth-order valence-electron chi connectivity index (χ4n) is 4.32. The molecule has 8 heteroatoms. The average molecular weight is 439 g/mol. The van der Waals surface area contributed by atoms with Crippen molar-refractivity contribution in [1.82, 2.24) is 14.3 Å². The Labute approximate surface area is 188 Å². The number of methoxy groups -OCH3 is 3. The molecule has 1 aliphatic rings. The molecule has 0 bridgehead atoms. The summed E-state index contributed by atoms with van der Waals surface area (Å²) in [5.74, 6) is 1.55. The maximum atomic E-state index is 12.2. The minimum Gasteiger partial charge on any atom is -0.496 e. The highest BCUT2D eigenvalue weighted by Gasteiger charge is 2.27. The summed E-state index contributed by atoms with van der Waals surface area (Å²) in [7, 11) is 4.86. The van der Waals surface area contributed by atoms with Crippen LogP contribution in [0, 0.1) is 6.92 Å². The van der Waals surface area contributed by atoms with Gasteiger partial charge in [-0.15, -0.1) is 0 Å². The Hall–Kier alpha value is -3.26. The number of imidazole rings is 1.